The standard InChI is InChI=1S/C12H12BrNO/c1-8(2)11(7-14)12(15)9-3-5-10(13)6-4-9/h3-6,8,11H,1-2H3. The molecule has 0 heterocycles. The van der Waals surface area contributed by atoms with E-state index in [2.05, 4.69) is 22.0 Å². The van der Waals surface area contributed by atoms with Crippen molar-refractivity contribution in [3.05, 3.63) is 34.3 Å². The average molecular weight is 266 g/mol. The number of rotatable bonds is 3. The summed E-state index contributed by atoms with van der Waals surface area (Å²) >= 11 is 3.30. The maximum Gasteiger partial charge on any atom is 0.180 e. The fourth-order valence-electron chi connectivity index (χ4n) is 1.30. The van der Waals surface area contributed by atoms with Gasteiger partial charge in [-0.1, -0.05) is 41.9 Å². The zero-order valence-corrected chi connectivity index (χ0v) is 10.3. The van der Waals surface area contributed by atoms with Crippen LogP contribution in [0.4, 0.5) is 0 Å². The van der Waals surface area contributed by atoms with Crippen LogP contribution in [-0.2, 0) is 0 Å². The highest BCUT2D eigenvalue weighted by Crippen LogP contribution is 2.18. The molecular formula is C12H12BrNO. The molecular weight excluding hydrogens is 254 g/mol. The Balaban J connectivity index is 2.94. The van der Waals surface area contributed by atoms with Crippen molar-refractivity contribution in [2.45, 2.75) is 13.8 Å². The summed E-state index contributed by atoms with van der Waals surface area (Å²) in [5.74, 6) is -0.600. The van der Waals surface area contributed by atoms with E-state index < -0.39 is 5.92 Å². The molecule has 0 bridgehead atoms. The zero-order valence-electron chi connectivity index (χ0n) is 8.70. The lowest BCUT2D eigenvalue weighted by Gasteiger charge is -2.11. The van der Waals surface area contributed by atoms with E-state index in [-0.39, 0.29) is 11.7 Å². The molecule has 0 fully saturated rings. The molecule has 15 heavy (non-hydrogen) atoms. The normalized spacial score (nSPS) is 12.2. The molecule has 78 valence electrons. The van der Waals surface area contributed by atoms with Crippen LogP contribution in [0.2, 0.25) is 0 Å². The third-order valence-electron chi connectivity index (χ3n) is 2.22. The van der Waals surface area contributed by atoms with Crippen molar-refractivity contribution in [1.82, 2.24) is 0 Å². The van der Waals surface area contributed by atoms with Gasteiger partial charge in [-0.2, -0.15) is 5.26 Å². The minimum atomic E-state index is -0.550. The van der Waals surface area contributed by atoms with Crippen molar-refractivity contribution >= 4 is 21.7 Å². The first-order valence-electron chi connectivity index (χ1n) is 4.75. The second kappa shape index (κ2) is 5.09. The van der Waals surface area contributed by atoms with E-state index in [0.717, 1.165) is 4.47 Å². The number of ketones is 1. The van der Waals surface area contributed by atoms with Crippen molar-refractivity contribution in [2.24, 2.45) is 11.8 Å². The van der Waals surface area contributed by atoms with Gasteiger partial charge >= 0.3 is 0 Å². The van der Waals surface area contributed by atoms with E-state index in [0.29, 0.717) is 5.56 Å². The maximum atomic E-state index is 11.9. The summed E-state index contributed by atoms with van der Waals surface area (Å²) < 4.78 is 0.928. The monoisotopic (exact) mass is 265 g/mol. The minimum Gasteiger partial charge on any atom is -0.293 e. The van der Waals surface area contributed by atoms with Crippen molar-refractivity contribution in [3.8, 4) is 6.07 Å². The largest absolute Gasteiger partial charge is 0.293 e. The number of carbonyl (C=O) groups excluding carboxylic acids is 1. The van der Waals surface area contributed by atoms with Gasteiger partial charge in [-0.3, -0.25) is 4.79 Å². The van der Waals surface area contributed by atoms with E-state index in [1.54, 1.807) is 12.1 Å². The van der Waals surface area contributed by atoms with Crippen molar-refractivity contribution in [1.29, 1.82) is 5.26 Å². The Kier molecular flexibility index (Phi) is 4.05. The number of nitrogens with zero attached hydrogens (tertiary/aromatic N) is 1. The van der Waals surface area contributed by atoms with Crippen LogP contribution >= 0.6 is 15.9 Å². The molecule has 1 aromatic rings. The smallest absolute Gasteiger partial charge is 0.180 e. The molecule has 0 aliphatic carbocycles. The van der Waals surface area contributed by atoms with E-state index in [1.807, 2.05) is 26.0 Å². The molecule has 1 rings (SSSR count). The van der Waals surface area contributed by atoms with E-state index in [9.17, 15) is 4.79 Å². The molecule has 0 radical (unpaired) electrons. The highest BCUT2D eigenvalue weighted by molar-refractivity contribution is 9.10. The molecule has 1 unspecified atom stereocenters. The lowest BCUT2D eigenvalue weighted by atomic mass is 9.89. The molecule has 0 saturated carbocycles. The van der Waals surface area contributed by atoms with Crippen molar-refractivity contribution in [2.75, 3.05) is 0 Å². The topological polar surface area (TPSA) is 40.9 Å². The third-order valence-corrected chi connectivity index (χ3v) is 2.75. The lowest BCUT2D eigenvalue weighted by molar-refractivity contribution is 0.0924. The Morgan fingerprint density at radius 2 is 1.87 bits per heavy atom. The molecule has 0 aliphatic rings. The van der Waals surface area contributed by atoms with E-state index in [1.165, 1.54) is 0 Å². The predicted octanol–water partition coefficient (Wildman–Crippen LogP) is 3.43. The van der Waals surface area contributed by atoms with Crippen LogP contribution in [0.1, 0.15) is 24.2 Å². The molecule has 3 heteroatoms. The number of halogens is 1. The summed E-state index contributed by atoms with van der Waals surface area (Å²) in [6.07, 6.45) is 0. The minimum absolute atomic E-state index is 0.0474. The van der Waals surface area contributed by atoms with Crippen molar-refractivity contribution in [3.63, 3.8) is 0 Å². The molecule has 0 saturated heterocycles. The molecule has 0 amide bonds. The number of hydrogen-bond donors (Lipinski definition) is 0. The number of carbonyl (C=O) groups is 1. The molecule has 0 N–H and O–H groups in total. The summed E-state index contributed by atoms with van der Waals surface area (Å²) in [7, 11) is 0. The zero-order chi connectivity index (χ0) is 11.4. The predicted molar refractivity (Wildman–Crippen MR) is 62.4 cm³/mol. The lowest BCUT2D eigenvalue weighted by Crippen LogP contribution is -2.18. The number of nitriles is 1. The summed E-state index contributed by atoms with van der Waals surface area (Å²) in [5, 5.41) is 8.90. The Morgan fingerprint density at radius 3 is 2.27 bits per heavy atom. The number of Topliss-reactive ketones (excluding diaryl/α,β-unsaturated/α-hetero) is 1. The second-order valence-electron chi connectivity index (χ2n) is 3.72. The molecule has 0 spiro atoms. The quantitative estimate of drug-likeness (QED) is 0.786. The summed E-state index contributed by atoms with van der Waals surface area (Å²) in [4.78, 5) is 11.9. The van der Waals surface area contributed by atoms with Crippen LogP contribution in [0.15, 0.2) is 28.7 Å². The first-order valence-corrected chi connectivity index (χ1v) is 5.55. The van der Waals surface area contributed by atoms with Crippen LogP contribution < -0.4 is 0 Å². The van der Waals surface area contributed by atoms with Crippen LogP contribution in [0, 0.1) is 23.2 Å². The Hall–Kier alpha value is -1.14. The van der Waals surface area contributed by atoms with Gasteiger partial charge in [0.05, 0.1) is 6.07 Å². The number of hydrogen-bond acceptors (Lipinski definition) is 2. The highest BCUT2D eigenvalue weighted by Gasteiger charge is 2.22. The van der Waals surface area contributed by atoms with Gasteiger partial charge in [0.25, 0.3) is 0 Å². The van der Waals surface area contributed by atoms with Gasteiger partial charge in [-0.15, -0.1) is 0 Å². The van der Waals surface area contributed by atoms with Crippen molar-refractivity contribution < 1.29 is 4.79 Å². The van der Waals surface area contributed by atoms with Crippen LogP contribution in [-0.4, -0.2) is 5.78 Å². The molecule has 1 atom stereocenters. The molecule has 2 nitrogen and oxygen atoms in total. The Morgan fingerprint density at radius 1 is 1.33 bits per heavy atom. The first-order chi connectivity index (χ1) is 7.06. The van der Waals surface area contributed by atoms with Gasteiger partial charge < -0.3 is 0 Å². The van der Waals surface area contributed by atoms with Crippen LogP contribution in [0.5, 0.6) is 0 Å². The molecule has 0 aliphatic heterocycles. The van der Waals surface area contributed by atoms with Crippen LogP contribution in [0.3, 0.4) is 0 Å². The van der Waals surface area contributed by atoms with Gasteiger partial charge in [0, 0.05) is 10.0 Å². The fourth-order valence-corrected chi connectivity index (χ4v) is 1.57. The maximum absolute atomic E-state index is 11.9. The second-order valence-corrected chi connectivity index (χ2v) is 4.64. The SMILES string of the molecule is CC(C)C(C#N)C(=O)c1ccc(Br)cc1. The fraction of sp³-hybridized carbons (Fsp3) is 0.333. The van der Waals surface area contributed by atoms with Gasteiger partial charge in [-0.05, 0) is 18.1 Å². The Labute approximate surface area is 98.0 Å². The average Bonchev–Trinajstić information content (AvgIpc) is 2.19. The van der Waals surface area contributed by atoms with E-state index in [4.69, 9.17) is 5.26 Å². The summed E-state index contributed by atoms with van der Waals surface area (Å²) in [6, 6.07) is 9.14. The molecule has 1 aromatic carbocycles. The number of benzene rings is 1. The summed E-state index contributed by atoms with van der Waals surface area (Å²) in [5.41, 5.74) is 0.596. The van der Waals surface area contributed by atoms with Gasteiger partial charge in [0.15, 0.2) is 5.78 Å². The van der Waals surface area contributed by atoms with Gasteiger partial charge in [-0.25, -0.2) is 0 Å². The van der Waals surface area contributed by atoms with Gasteiger partial charge in [0.2, 0.25) is 0 Å². The first kappa shape index (κ1) is 11.9. The van der Waals surface area contributed by atoms with E-state index >= 15 is 0 Å². The highest BCUT2D eigenvalue weighted by atomic mass is 79.9. The Bertz CT molecular complexity index is 389. The summed E-state index contributed by atoms with van der Waals surface area (Å²) in [6.45, 7) is 3.76. The van der Waals surface area contributed by atoms with Gasteiger partial charge in [0.1, 0.15) is 5.92 Å². The third kappa shape index (κ3) is 2.90. The molecule has 0 aromatic heterocycles. The van der Waals surface area contributed by atoms with Crippen LogP contribution in [0.25, 0.3) is 0 Å².